The number of rotatable bonds is 4. The van der Waals surface area contributed by atoms with Gasteiger partial charge in [0.15, 0.2) is 0 Å². The van der Waals surface area contributed by atoms with Crippen LogP contribution in [-0.4, -0.2) is 40.4 Å². The van der Waals surface area contributed by atoms with E-state index < -0.39 is 0 Å². The Balaban J connectivity index is 2.36. The van der Waals surface area contributed by atoms with Crippen molar-refractivity contribution in [3.63, 3.8) is 0 Å². The summed E-state index contributed by atoms with van der Waals surface area (Å²) >= 11 is 0. The summed E-state index contributed by atoms with van der Waals surface area (Å²) in [4.78, 5) is 2.28. The van der Waals surface area contributed by atoms with E-state index in [0.717, 1.165) is 30.3 Å². The maximum atomic E-state index is 5.47. The predicted octanol–water partition coefficient (Wildman–Crippen LogP) is 1.42. The monoisotopic (exact) mass is 236 g/mol. The molecular weight excluding hydrogens is 216 g/mol. The van der Waals surface area contributed by atoms with Crippen LogP contribution in [0.4, 0.5) is 5.69 Å². The lowest BCUT2D eigenvalue weighted by atomic mass is 10.1. The van der Waals surface area contributed by atoms with Crippen LogP contribution in [0.2, 0.25) is 0 Å². The minimum absolute atomic E-state index is 0.552. The molecule has 1 N–H and O–H groups in total. The second-order valence-electron chi connectivity index (χ2n) is 4.42. The minimum Gasteiger partial charge on any atom is -0.497 e. The van der Waals surface area contributed by atoms with Gasteiger partial charge in [0.25, 0.3) is 0 Å². The molecule has 0 aliphatic carbocycles. The van der Waals surface area contributed by atoms with E-state index in [4.69, 9.17) is 9.47 Å². The highest BCUT2D eigenvalue weighted by Crippen LogP contribution is 2.36. The highest BCUT2D eigenvalue weighted by Gasteiger charge is 2.25. The van der Waals surface area contributed by atoms with Crippen LogP contribution in [0.25, 0.3) is 0 Å². The Kier molecular flexibility index (Phi) is 3.43. The summed E-state index contributed by atoms with van der Waals surface area (Å²) in [5.74, 6) is 1.71. The minimum atomic E-state index is 0.552. The molecule has 17 heavy (non-hydrogen) atoms. The number of hydrogen-bond acceptors (Lipinski definition) is 4. The van der Waals surface area contributed by atoms with Crippen LogP contribution < -0.4 is 19.7 Å². The van der Waals surface area contributed by atoms with E-state index in [1.54, 1.807) is 14.2 Å². The van der Waals surface area contributed by atoms with E-state index in [-0.39, 0.29) is 0 Å². The Hall–Kier alpha value is -1.42. The lowest BCUT2D eigenvalue weighted by molar-refractivity contribution is 0.387. The fraction of sp³-hybridized carbons (Fsp3) is 0.538. The zero-order valence-electron chi connectivity index (χ0n) is 10.9. The topological polar surface area (TPSA) is 33.7 Å². The predicted molar refractivity (Wildman–Crippen MR) is 69.3 cm³/mol. The van der Waals surface area contributed by atoms with Crippen molar-refractivity contribution in [3.05, 3.63) is 17.7 Å². The van der Waals surface area contributed by atoms with Gasteiger partial charge in [-0.25, -0.2) is 0 Å². The number of likely N-dealkylation sites (N-methyl/N-ethyl adjacent to an activating group) is 1. The molecule has 4 nitrogen and oxygen atoms in total. The van der Waals surface area contributed by atoms with Gasteiger partial charge in [0.05, 0.1) is 25.9 Å². The van der Waals surface area contributed by atoms with Crippen molar-refractivity contribution in [1.82, 2.24) is 5.32 Å². The lowest BCUT2D eigenvalue weighted by Gasteiger charge is -2.38. The van der Waals surface area contributed by atoms with Crippen molar-refractivity contribution >= 4 is 5.69 Å². The molecule has 0 atom stereocenters. The zero-order chi connectivity index (χ0) is 12.4. The summed E-state index contributed by atoms with van der Waals surface area (Å²) in [6.07, 6.45) is 0. The number of ether oxygens (including phenoxy) is 2. The van der Waals surface area contributed by atoms with E-state index in [0.29, 0.717) is 6.04 Å². The van der Waals surface area contributed by atoms with Gasteiger partial charge in [0, 0.05) is 26.2 Å². The summed E-state index contributed by atoms with van der Waals surface area (Å²) in [5, 5.41) is 3.28. The molecule has 0 saturated carbocycles. The van der Waals surface area contributed by atoms with Gasteiger partial charge in [0.1, 0.15) is 11.5 Å². The van der Waals surface area contributed by atoms with Gasteiger partial charge in [-0.1, -0.05) is 0 Å². The molecule has 0 aromatic heterocycles. The molecule has 0 bridgehead atoms. The number of nitrogens with zero attached hydrogens (tertiary/aromatic N) is 1. The van der Waals surface area contributed by atoms with Gasteiger partial charge < -0.3 is 19.7 Å². The van der Waals surface area contributed by atoms with Crippen LogP contribution in [0.5, 0.6) is 11.5 Å². The summed E-state index contributed by atoms with van der Waals surface area (Å²) in [7, 11) is 5.49. The van der Waals surface area contributed by atoms with Crippen molar-refractivity contribution in [2.75, 3.05) is 39.3 Å². The molecule has 1 heterocycles. The molecule has 0 radical (unpaired) electrons. The standard InChI is InChI=1S/C13H20N2O2/c1-9-5-11(16-3)6-12(17-4)13(9)15(2)10-7-14-8-10/h5-6,10,14H,7-8H2,1-4H3. The van der Waals surface area contributed by atoms with Gasteiger partial charge in [-0.05, 0) is 18.6 Å². The second kappa shape index (κ2) is 4.84. The molecule has 0 amide bonds. The van der Waals surface area contributed by atoms with Crippen LogP contribution in [0.1, 0.15) is 5.56 Å². The van der Waals surface area contributed by atoms with Crippen molar-refractivity contribution in [3.8, 4) is 11.5 Å². The molecule has 4 heteroatoms. The van der Waals surface area contributed by atoms with Crippen LogP contribution in [0, 0.1) is 6.92 Å². The van der Waals surface area contributed by atoms with Gasteiger partial charge in [-0.2, -0.15) is 0 Å². The average Bonchev–Trinajstić information content (AvgIpc) is 2.25. The van der Waals surface area contributed by atoms with Gasteiger partial charge in [-0.15, -0.1) is 0 Å². The molecule has 0 spiro atoms. The maximum absolute atomic E-state index is 5.47. The third-order valence-electron chi connectivity index (χ3n) is 3.36. The largest absolute Gasteiger partial charge is 0.497 e. The van der Waals surface area contributed by atoms with E-state index in [9.17, 15) is 0 Å². The number of benzene rings is 1. The SMILES string of the molecule is COc1cc(C)c(N(C)C2CNC2)c(OC)c1. The molecule has 1 fully saturated rings. The third-order valence-corrected chi connectivity index (χ3v) is 3.36. The lowest BCUT2D eigenvalue weighted by Crippen LogP contribution is -2.56. The molecule has 1 aliphatic rings. The fourth-order valence-electron chi connectivity index (χ4n) is 2.17. The van der Waals surface area contributed by atoms with Crippen LogP contribution in [-0.2, 0) is 0 Å². The van der Waals surface area contributed by atoms with E-state index in [2.05, 4.69) is 24.2 Å². The van der Waals surface area contributed by atoms with Gasteiger partial charge >= 0.3 is 0 Å². The van der Waals surface area contributed by atoms with E-state index in [1.165, 1.54) is 5.56 Å². The third kappa shape index (κ3) is 2.17. The number of methoxy groups -OCH3 is 2. The van der Waals surface area contributed by atoms with Crippen molar-refractivity contribution in [2.45, 2.75) is 13.0 Å². The van der Waals surface area contributed by atoms with Gasteiger partial charge in [0.2, 0.25) is 0 Å². The first-order valence-electron chi connectivity index (χ1n) is 5.83. The normalized spacial score (nSPS) is 15.3. The highest BCUT2D eigenvalue weighted by atomic mass is 16.5. The van der Waals surface area contributed by atoms with Crippen molar-refractivity contribution in [1.29, 1.82) is 0 Å². The highest BCUT2D eigenvalue weighted by molar-refractivity contribution is 5.66. The van der Waals surface area contributed by atoms with Crippen LogP contribution in [0.15, 0.2) is 12.1 Å². The summed E-state index contributed by atoms with van der Waals surface area (Å²) in [6, 6.07) is 4.53. The Labute approximate surface area is 103 Å². The quantitative estimate of drug-likeness (QED) is 0.857. The Morgan fingerprint density at radius 2 is 1.94 bits per heavy atom. The first kappa shape index (κ1) is 12.0. The number of aryl methyl sites for hydroxylation is 1. The number of hydrogen-bond donors (Lipinski definition) is 1. The molecule has 1 saturated heterocycles. The molecule has 2 rings (SSSR count). The average molecular weight is 236 g/mol. The molecule has 94 valence electrons. The van der Waals surface area contributed by atoms with Gasteiger partial charge in [-0.3, -0.25) is 0 Å². The Morgan fingerprint density at radius 3 is 2.41 bits per heavy atom. The zero-order valence-corrected chi connectivity index (χ0v) is 10.9. The molecule has 0 unspecified atom stereocenters. The Bertz CT molecular complexity index is 403. The van der Waals surface area contributed by atoms with Crippen LogP contribution >= 0.6 is 0 Å². The Morgan fingerprint density at radius 1 is 1.24 bits per heavy atom. The molecule has 1 aliphatic heterocycles. The van der Waals surface area contributed by atoms with Crippen molar-refractivity contribution < 1.29 is 9.47 Å². The number of anilines is 1. The molecular formula is C13H20N2O2. The van der Waals surface area contributed by atoms with Crippen molar-refractivity contribution in [2.24, 2.45) is 0 Å². The first-order valence-corrected chi connectivity index (χ1v) is 5.83. The fourth-order valence-corrected chi connectivity index (χ4v) is 2.17. The van der Waals surface area contributed by atoms with E-state index in [1.807, 2.05) is 12.1 Å². The first-order chi connectivity index (χ1) is 8.17. The summed E-state index contributed by atoms with van der Waals surface area (Å²) in [5.41, 5.74) is 2.33. The second-order valence-corrected chi connectivity index (χ2v) is 4.42. The number of nitrogens with one attached hydrogen (secondary N) is 1. The molecule has 1 aromatic rings. The summed E-state index contributed by atoms with van der Waals surface area (Å²) in [6.45, 7) is 4.15. The smallest absolute Gasteiger partial charge is 0.146 e. The molecule has 1 aromatic carbocycles. The summed E-state index contributed by atoms with van der Waals surface area (Å²) < 4.78 is 10.7. The van der Waals surface area contributed by atoms with E-state index >= 15 is 0 Å². The maximum Gasteiger partial charge on any atom is 0.146 e. The van der Waals surface area contributed by atoms with Crippen LogP contribution in [0.3, 0.4) is 0 Å².